The third-order valence-corrected chi connectivity index (χ3v) is 6.93. The summed E-state index contributed by atoms with van der Waals surface area (Å²) in [5.74, 6) is 2.19. The van der Waals surface area contributed by atoms with Gasteiger partial charge in [-0.05, 0) is 61.8 Å². The quantitative estimate of drug-likeness (QED) is 0.741. The van der Waals surface area contributed by atoms with Crippen LogP contribution in [0.15, 0.2) is 36.9 Å². The highest BCUT2D eigenvalue weighted by Crippen LogP contribution is 2.62. The highest BCUT2D eigenvalue weighted by Gasteiger charge is 2.57. The number of rotatable bonds is 7. The molecule has 0 heterocycles. The predicted octanol–water partition coefficient (Wildman–Crippen LogP) is 3.93. The van der Waals surface area contributed by atoms with Crippen LogP contribution in [0.3, 0.4) is 0 Å². The van der Waals surface area contributed by atoms with Gasteiger partial charge in [-0.1, -0.05) is 24.3 Å². The number of methoxy groups -OCH3 is 1. The van der Waals surface area contributed by atoms with Gasteiger partial charge < -0.3 is 14.7 Å². The first kappa shape index (κ1) is 18.5. The van der Waals surface area contributed by atoms with E-state index in [4.69, 9.17) is 4.74 Å². The summed E-state index contributed by atoms with van der Waals surface area (Å²) in [7, 11) is 1.66. The summed E-state index contributed by atoms with van der Waals surface area (Å²) in [6.45, 7) is 4.90. The molecule has 4 heteroatoms. The van der Waals surface area contributed by atoms with Gasteiger partial charge in [0.05, 0.1) is 12.7 Å². The zero-order chi connectivity index (χ0) is 19.1. The number of amides is 1. The van der Waals surface area contributed by atoms with Gasteiger partial charge in [0, 0.05) is 25.1 Å². The number of nitrogens with zero attached hydrogens (tertiary/aromatic N) is 1. The molecule has 0 spiro atoms. The highest BCUT2D eigenvalue weighted by molar-refractivity contribution is 5.77. The lowest BCUT2D eigenvalue weighted by Gasteiger charge is -2.60. The molecular formula is C23H31NO3. The van der Waals surface area contributed by atoms with Gasteiger partial charge in [-0.25, -0.2) is 0 Å². The Hall–Kier alpha value is -1.81. The molecule has 1 N–H and O–H groups in total. The van der Waals surface area contributed by atoms with Crippen LogP contribution in [-0.2, 0) is 11.3 Å². The fourth-order valence-electron chi connectivity index (χ4n) is 6.49. The number of benzene rings is 1. The van der Waals surface area contributed by atoms with Crippen molar-refractivity contribution < 1.29 is 14.6 Å². The topological polar surface area (TPSA) is 49.8 Å². The Balaban J connectivity index is 1.50. The molecular weight excluding hydrogens is 338 g/mol. The van der Waals surface area contributed by atoms with Crippen LogP contribution >= 0.6 is 0 Å². The van der Waals surface area contributed by atoms with Crippen molar-refractivity contribution in [1.82, 2.24) is 4.90 Å². The molecule has 4 aliphatic rings. The van der Waals surface area contributed by atoms with E-state index in [0.29, 0.717) is 31.3 Å². The second-order valence-electron chi connectivity index (χ2n) is 9.24. The molecule has 0 aromatic heterocycles. The number of carbonyl (C=O) groups excluding carboxylic acids is 1. The molecule has 0 aliphatic heterocycles. The standard InChI is InChI=1S/C23H31NO3/c1-3-8-24(15-19-6-4-5-7-20(19)27-2)21(25)14-22-10-17-9-18(11-22)13-23(26,12-17)16-22/h3-7,17-18,26H,1,8-16H2,2H3. The third kappa shape index (κ3) is 3.64. The van der Waals surface area contributed by atoms with Crippen molar-refractivity contribution in [3.05, 3.63) is 42.5 Å². The summed E-state index contributed by atoms with van der Waals surface area (Å²) >= 11 is 0. The maximum Gasteiger partial charge on any atom is 0.223 e. The lowest BCUT2D eigenvalue weighted by Crippen LogP contribution is -2.56. The van der Waals surface area contributed by atoms with Gasteiger partial charge >= 0.3 is 0 Å². The summed E-state index contributed by atoms with van der Waals surface area (Å²) in [4.78, 5) is 15.2. The molecule has 4 saturated carbocycles. The lowest BCUT2D eigenvalue weighted by atomic mass is 9.47. The van der Waals surface area contributed by atoms with Crippen LogP contribution in [0.5, 0.6) is 5.75 Å². The Kier molecular flexibility index (Phi) is 4.79. The number of hydrogen-bond acceptors (Lipinski definition) is 3. The van der Waals surface area contributed by atoms with E-state index in [1.54, 1.807) is 13.2 Å². The summed E-state index contributed by atoms with van der Waals surface area (Å²) < 4.78 is 5.45. The van der Waals surface area contributed by atoms with Gasteiger partial charge in [0.25, 0.3) is 0 Å². The molecule has 4 nitrogen and oxygen atoms in total. The molecule has 1 aromatic carbocycles. The summed E-state index contributed by atoms with van der Waals surface area (Å²) in [6, 6.07) is 7.86. The Morgan fingerprint density at radius 3 is 2.63 bits per heavy atom. The van der Waals surface area contributed by atoms with Crippen molar-refractivity contribution in [2.24, 2.45) is 17.3 Å². The van der Waals surface area contributed by atoms with Crippen LogP contribution in [0.1, 0.15) is 50.5 Å². The van der Waals surface area contributed by atoms with E-state index < -0.39 is 5.60 Å². The Labute approximate surface area is 162 Å². The molecule has 4 aliphatic carbocycles. The average molecular weight is 370 g/mol. The molecule has 1 amide bonds. The van der Waals surface area contributed by atoms with Gasteiger partial charge in [0.15, 0.2) is 0 Å². The normalized spacial score (nSPS) is 33.7. The molecule has 146 valence electrons. The van der Waals surface area contributed by atoms with Crippen molar-refractivity contribution in [2.45, 2.75) is 57.1 Å². The van der Waals surface area contributed by atoms with Gasteiger partial charge in [-0.3, -0.25) is 4.79 Å². The van der Waals surface area contributed by atoms with Gasteiger partial charge in [0.1, 0.15) is 5.75 Å². The molecule has 1 aromatic rings. The zero-order valence-corrected chi connectivity index (χ0v) is 16.3. The maximum absolute atomic E-state index is 13.3. The van der Waals surface area contributed by atoms with Crippen LogP contribution in [0.4, 0.5) is 0 Å². The van der Waals surface area contributed by atoms with Gasteiger partial charge in [-0.2, -0.15) is 0 Å². The number of carbonyl (C=O) groups is 1. The number of ether oxygens (including phenoxy) is 1. The van der Waals surface area contributed by atoms with E-state index in [9.17, 15) is 9.90 Å². The zero-order valence-electron chi connectivity index (χ0n) is 16.3. The van der Waals surface area contributed by atoms with Crippen molar-refractivity contribution in [2.75, 3.05) is 13.7 Å². The first-order valence-corrected chi connectivity index (χ1v) is 10.2. The van der Waals surface area contributed by atoms with Crippen molar-refractivity contribution in [1.29, 1.82) is 0 Å². The SMILES string of the molecule is C=CCN(Cc1ccccc1OC)C(=O)CC12CC3CC(CC(O)(C3)C1)C2. The van der Waals surface area contributed by atoms with Crippen molar-refractivity contribution in [3.8, 4) is 5.75 Å². The van der Waals surface area contributed by atoms with E-state index in [1.165, 1.54) is 6.42 Å². The first-order valence-electron chi connectivity index (χ1n) is 10.2. The van der Waals surface area contributed by atoms with Gasteiger partial charge in [0.2, 0.25) is 5.91 Å². The van der Waals surface area contributed by atoms with Crippen molar-refractivity contribution in [3.63, 3.8) is 0 Å². The van der Waals surface area contributed by atoms with Crippen LogP contribution in [0, 0.1) is 17.3 Å². The Bertz CT molecular complexity index is 714. The summed E-state index contributed by atoms with van der Waals surface area (Å²) in [5.41, 5.74) is 0.492. The minimum Gasteiger partial charge on any atom is -0.496 e. The van der Waals surface area contributed by atoms with E-state index in [0.717, 1.165) is 43.4 Å². The number of para-hydroxylation sites is 1. The van der Waals surface area contributed by atoms with E-state index >= 15 is 0 Å². The van der Waals surface area contributed by atoms with Crippen LogP contribution in [0.2, 0.25) is 0 Å². The molecule has 27 heavy (non-hydrogen) atoms. The minimum absolute atomic E-state index is 0.00386. The monoisotopic (exact) mass is 369 g/mol. The number of aliphatic hydroxyl groups is 1. The minimum atomic E-state index is -0.518. The van der Waals surface area contributed by atoms with Crippen LogP contribution in [0.25, 0.3) is 0 Å². The molecule has 2 atom stereocenters. The fraction of sp³-hybridized carbons (Fsp3) is 0.609. The van der Waals surface area contributed by atoms with Crippen LogP contribution < -0.4 is 4.74 Å². The van der Waals surface area contributed by atoms with Crippen molar-refractivity contribution >= 4 is 5.91 Å². The maximum atomic E-state index is 13.3. The predicted molar refractivity (Wildman–Crippen MR) is 105 cm³/mol. The second kappa shape index (κ2) is 6.97. The average Bonchev–Trinajstić information content (AvgIpc) is 2.59. The fourth-order valence-corrected chi connectivity index (χ4v) is 6.49. The first-order chi connectivity index (χ1) is 12.9. The largest absolute Gasteiger partial charge is 0.496 e. The van der Waals surface area contributed by atoms with Gasteiger partial charge in [-0.15, -0.1) is 6.58 Å². The van der Waals surface area contributed by atoms with E-state index in [2.05, 4.69) is 6.58 Å². The summed E-state index contributed by atoms with van der Waals surface area (Å²) in [5, 5.41) is 11.0. The lowest BCUT2D eigenvalue weighted by molar-refractivity contribution is -0.172. The number of hydrogen-bond donors (Lipinski definition) is 1. The van der Waals surface area contributed by atoms with E-state index in [1.807, 2.05) is 29.2 Å². The Morgan fingerprint density at radius 1 is 1.30 bits per heavy atom. The molecule has 5 rings (SSSR count). The molecule has 4 bridgehead atoms. The second-order valence-corrected chi connectivity index (χ2v) is 9.24. The molecule has 2 unspecified atom stereocenters. The summed E-state index contributed by atoms with van der Waals surface area (Å²) in [6.07, 6.45) is 8.48. The molecule has 0 saturated heterocycles. The third-order valence-electron chi connectivity index (χ3n) is 6.93. The molecule has 4 fully saturated rings. The smallest absolute Gasteiger partial charge is 0.223 e. The molecule has 0 radical (unpaired) electrons. The van der Waals surface area contributed by atoms with E-state index in [-0.39, 0.29) is 11.3 Å². The highest BCUT2D eigenvalue weighted by atomic mass is 16.5. The van der Waals surface area contributed by atoms with Crippen LogP contribution in [-0.4, -0.2) is 35.2 Å². The Morgan fingerprint density at radius 2 is 2.00 bits per heavy atom.